The van der Waals surface area contributed by atoms with Gasteiger partial charge < -0.3 is 20.7 Å². The highest BCUT2D eigenvalue weighted by atomic mass is 32.1. The fraction of sp³-hybridized carbons (Fsp3) is 0.417. The summed E-state index contributed by atoms with van der Waals surface area (Å²) >= 11 is 1.35. The number of hydrogen-bond donors (Lipinski definition) is 2. The van der Waals surface area contributed by atoms with E-state index in [-0.39, 0.29) is 5.97 Å². The van der Waals surface area contributed by atoms with Crippen molar-refractivity contribution in [3.05, 3.63) is 16.5 Å². The molecule has 0 radical (unpaired) electrons. The molecule has 0 fully saturated rings. The summed E-state index contributed by atoms with van der Waals surface area (Å²) in [6.45, 7) is 2.87. The number of esters is 1. The number of ether oxygens (including phenoxy) is 1. The number of nitrogen functional groups attached to an aromatic ring is 1. The summed E-state index contributed by atoms with van der Waals surface area (Å²) in [4.78, 5) is 14.3. The molecule has 1 aliphatic rings. The zero-order valence-electron chi connectivity index (χ0n) is 10.7. The molecule has 2 heterocycles. The molecule has 0 bridgehead atoms. The Morgan fingerprint density at radius 2 is 2.33 bits per heavy atom. The van der Waals surface area contributed by atoms with E-state index in [0.29, 0.717) is 17.2 Å². The van der Waals surface area contributed by atoms with Crippen LogP contribution in [-0.2, 0) is 4.74 Å². The molecule has 0 aromatic carbocycles. The van der Waals surface area contributed by atoms with Crippen molar-refractivity contribution in [2.45, 2.75) is 6.92 Å². The SMILES string of the molecule is CCOC(=O)c1sc2c(c1N)C(N(C)C)=CCN2. The third kappa shape index (κ3) is 2.03. The Hall–Kier alpha value is -1.69. The van der Waals surface area contributed by atoms with Crippen LogP contribution in [0, 0.1) is 0 Å². The largest absolute Gasteiger partial charge is 0.462 e. The zero-order chi connectivity index (χ0) is 13.3. The van der Waals surface area contributed by atoms with Crippen LogP contribution < -0.4 is 11.1 Å². The minimum Gasteiger partial charge on any atom is -0.462 e. The van der Waals surface area contributed by atoms with E-state index in [4.69, 9.17) is 10.5 Å². The van der Waals surface area contributed by atoms with Gasteiger partial charge in [0.05, 0.1) is 17.9 Å². The molecule has 0 aliphatic carbocycles. The van der Waals surface area contributed by atoms with Gasteiger partial charge >= 0.3 is 5.97 Å². The van der Waals surface area contributed by atoms with E-state index in [1.807, 2.05) is 19.0 Å². The number of nitrogens with one attached hydrogen (secondary N) is 1. The van der Waals surface area contributed by atoms with Crippen molar-refractivity contribution < 1.29 is 9.53 Å². The minimum atomic E-state index is -0.352. The molecule has 5 nitrogen and oxygen atoms in total. The monoisotopic (exact) mass is 267 g/mol. The molecule has 0 saturated heterocycles. The van der Waals surface area contributed by atoms with Crippen LogP contribution in [-0.4, -0.2) is 38.1 Å². The first-order valence-electron chi connectivity index (χ1n) is 5.77. The second-order valence-corrected chi connectivity index (χ2v) is 5.15. The minimum absolute atomic E-state index is 0.352. The molecule has 1 aromatic rings. The lowest BCUT2D eigenvalue weighted by molar-refractivity contribution is 0.0533. The average molecular weight is 267 g/mol. The van der Waals surface area contributed by atoms with Gasteiger partial charge in [0.15, 0.2) is 0 Å². The summed E-state index contributed by atoms with van der Waals surface area (Å²) in [6.07, 6.45) is 2.06. The van der Waals surface area contributed by atoms with Crippen LogP contribution in [0.2, 0.25) is 0 Å². The van der Waals surface area contributed by atoms with Gasteiger partial charge in [0.2, 0.25) is 0 Å². The standard InChI is InChI=1S/C12H17N3O2S/c1-4-17-12(16)10-9(13)8-7(15(2)3)5-6-14-11(8)18-10/h5,14H,4,6,13H2,1-3H3. The Morgan fingerprint density at radius 3 is 2.94 bits per heavy atom. The van der Waals surface area contributed by atoms with Crippen LogP contribution in [0.3, 0.4) is 0 Å². The van der Waals surface area contributed by atoms with Crippen molar-refractivity contribution in [3.63, 3.8) is 0 Å². The Kier molecular flexibility index (Phi) is 3.47. The highest BCUT2D eigenvalue weighted by Gasteiger charge is 2.26. The van der Waals surface area contributed by atoms with Crippen LogP contribution in [0.15, 0.2) is 6.08 Å². The van der Waals surface area contributed by atoms with Crippen LogP contribution >= 0.6 is 11.3 Å². The normalized spacial score (nSPS) is 13.4. The Bertz CT molecular complexity index is 506. The number of carbonyl (C=O) groups is 1. The molecule has 0 amide bonds. The summed E-state index contributed by atoms with van der Waals surface area (Å²) in [5.41, 5.74) is 8.52. The zero-order valence-corrected chi connectivity index (χ0v) is 11.6. The Morgan fingerprint density at radius 1 is 1.61 bits per heavy atom. The number of nitrogens with two attached hydrogens (primary N) is 1. The fourth-order valence-corrected chi connectivity index (χ4v) is 2.95. The Balaban J connectivity index is 2.46. The third-order valence-corrected chi connectivity index (χ3v) is 3.85. The lowest BCUT2D eigenvalue weighted by atomic mass is 10.1. The van der Waals surface area contributed by atoms with Crippen LogP contribution in [0.1, 0.15) is 22.2 Å². The molecule has 0 atom stereocenters. The van der Waals surface area contributed by atoms with Gasteiger partial charge in [-0.2, -0.15) is 0 Å². The number of rotatable bonds is 3. The van der Waals surface area contributed by atoms with E-state index in [1.165, 1.54) is 11.3 Å². The predicted octanol–water partition coefficient (Wildman–Crippen LogP) is 1.84. The van der Waals surface area contributed by atoms with E-state index in [9.17, 15) is 4.79 Å². The second kappa shape index (κ2) is 4.89. The van der Waals surface area contributed by atoms with Gasteiger partial charge in [-0.3, -0.25) is 0 Å². The van der Waals surface area contributed by atoms with Crippen molar-refractivity contribution in [1.82, 2.24) is 4.90 Å². The van der Waals surface area contributed by atoms with Gasteiger partial charge in [-0.05, 0) is 13.0 Å². The molecule has 18 heavy (non-hydrogen) atoms. The molecule has 6 heteroatoms. The van der Waals surface area contributed by atoms with E-state index in [1.54, 1.807) is 6.92 Å². The summed E-state index contributed by atoms with van der Waals surface area (Å²) in [5, 5.41) is 4.17. The summed E-state index contributed by atoms with van der Waals surface area (Å²) in [6, 6.07) is 0. The smallest absolute Gasteiger partial charge is 0.350 e. The highest BCUT2D eigenvalue weighted by Crippen LogP contribution is 2.42. The van der Waals surface area contributed by atoms with Crippen molar-refractivity contribution in [2.75, 3.05) is 38.3 Å². The quantitative estimate of drug-likeness (QED) is 0.818. The molecule has 2 rings (SSSR count). The number of fused-ring (bicyclic) bond motifs is 1. The van der Waals surface area contributed by atoms with Crippen molar-refractivity contribution in [1.29, 1.82) is 0 Å². The third-order valence-electron chi connectivity index (χ3n) is 2.70. The van der Waals surface area contributed by atoms with Gasteiger partial charge in [0, 0.05) is 26.3 Å². The molecule has 0 unspecified atom stereocenters. The van der Waals surface area contributed by atoms with Gasteiger partial charge in [-0.1, -0.05) is 0 Å². The molecular formula is C12H17N3O2S. The van der Waals surface area contributed by atoms with Gasteiger partial charge in [0.25, 0.3) is 0 Å². The maximum atomic E-state index is 11.8. The van der Waals surface area contributed by atoms with E-state index in [2.05, 4.69) is 11.4 Å². The maximum Gasteiger partial charge on any atom is 0.350 e. The first kappa shape index (κ1) is 12.8. The van der Waals surface area contributed by atoms with Gasteiger partial charge in [-0.25, -0.2) is 4.79 Å². The van der Waals surface area contributed by atoms with Crippen LogP contribution in [0.25, 0.3) is 5.70 Å². The first-order chi connectivity index (χ1) is 8.56. The number of thiophene rings is 1. The van der Waals surface area contributed by atoms with E-state index in [0.717, 1.165) is 22.8 Å². The molecule has 0 saturated carbocycles. The molecule has 1 aliphatic heterocycles. The van der Waals surface area contributed by atoms with Crippen LogP contribution in [0.5, 0.6) is 0 Å². The first-order valence-corrected chi connectivity index (χ1v) is 6.59. The van der Waals surface area contributed by atoms with E-state index >= 15 is 0 Å². The lowest BCUT2D eigenvalue weighted by Crippen LogP contribution is -2.17. The number of anilines is 2. The summed E-state index contributed by atoms with van der Waals surface area (Å²) in [5.74, 6) is -0.352. The molecule has 1 aromatic heterocycles. The topological polar surface area (TPSA) is 67.6 Å². The Labute approximate surface area is 110 Å². The molecule has 98 valence electrons. The molecule has 0 spiro atoms. The summed E-state index contributed by atoms with van der Waals surface area (Å²) < 4.78 is 5.01. The maximum absolute atomic E-state index is 11.8. The fourth-order valence-electron chi connectivity index (χ4n) is 1.92. The van der Waals surface area contributed by atoms with Crippen molar-refractivity contribution in [2.24, 2.45) is 0 Å². The second-order valence-electron chi connectivity index (χ2n) is 4.13. The van der Waals surface area contributed by atoms with Gasteiger partial charge in [-0.15, -0.1) is 11.3 Å². The lowest BCUT2D eigenvalue weighted by Gasteiger charge is -2.22. The van der Waals surface area contributed by atoms with E-state index < -0.39 is 0 Å². The summed E-state index contributed by atoms with van der Waals surface area (Å²) in [7, 11) is 3.92. The predicted molar refractivity (Wildman–Crippen MR) is 74.8 cm³/mol. The molecular weight excluding hydrogens is 250 g/mol. The number of carbonyl (C=O) groups excluding carboxylic acids is 1. The highest BCUT2D eigenvalue weighted by molar-refractivity contribution is 7.19. The van der Waals surface area contributed by atoms with Crippen LogP contribution in [0.4, 0.5) is 10.7 Å². The number of nitrogens with zero attached hydrogens (tertiary/aromatic N) is 1. The van der Waals surface area contributed by atoms with Crippen molar-refractivity contribution >= 4 is 33.7 Å². The molecule has 3 N–H and O–H groups in total. The van der Waals surface area contributed by atoms with Gasteiger partial charge in [0.1, 0.15) is 9.88 Å². The number of hydrogen-bond acceptors (Lipinski definition) is 6. The van der Waals surface area contributed by atoms with Crippen molar-refractivity contribution in [3.8, 4) is 0 Å². The average Bonchev–Trinajstić information content (AvgIpc) is 2.67.